The smallest absolute Gasteiger partial charge is 0.293 e. The van der Waals surface area contributed by atoms with Crippen LogP contribution in [-0.2, 0) is 9.53 Å². The molecule has 13 heavy (non-hydrogen) atoms. The van der Waals surface area contributed by atoms with E-state index in [-0.39, 0.29) is 0 Å². The number of hydrogen-bond donors (Lipinski definition) is 0. The minimum absolute atomic E-state index is 0.528. The summed E-state index contributed by atoms with van der Waals surface area (Å²) in [6, 6.07) is 10.4. The van der Waals surface area contributed by atoms with Gasteiger partial charge < -0.3 is 4.74 Å². The molecule has 0 N–H and O–H groups in total. The summed E-state index contributed by atoms with van der Waals surface area (Å²) in [6.07, 6.45) is 1.15. The van der Waals surface area contributed by atoms with Crippen molar-refractivity contribution in [3.63, 3.8) is 0 Å². The van der Waals surface area contributed by atoms with Crippen molar-refractivity contribution in [1.29, 1.82) is 0 Å². The largest absolute Gasteiger partial charge is 0.468 e. The highest BCUT2D eigenvalue weighted by molar-refractivity contribution is 5.37. The number of rotatable bonds is 4. The van der Waals surface area contributed by atoms with Crippen LogP contribution in [0.15, 0.2) is 30.3 Å². The van der Waals surface area contributed by atoms with Crippen LogP contribution in [0.3, 0.4) is 0 Å². The number of carbonyl (C=O) groups excluding carboxylic acids is 1. The van der Waals surface area contributed by atoms with Gasteiger partial charge in [0.2, 0.25) is 0 Å². The van der Waals surface area contributed by atoms with Gasteiger partial charge in [0.1, 0.15) is 0 Å². The molecule has 2 atom stereocenters. The highest BCUT2D eigenvalue weighted by Crippen LogP contribution is 2.47. The number of hydrogen-bond acceptors (Lipinski definition) is 2. The van der Waals surface area contributed by atoms with Crippen molar-refractivity contribution in [3.8, 4) is 0 Å². The van der Waals surface area contributed by atoms with Crippen LogP contribution in [0.4, 0.5) is 0 Å². The molecule has 2 rings (SSSR count). The van der Waals surface area contributed by atoms with Crippen LogP contribution in [0.5, 0.6) is 0 Å². The second-order valence-corrected chi connectivity index (χ2v) is 3.44. The number of carbonyl (C=O) groups is 1. The first kappa shape index (κ1) is 8.30. The molecule has 0 amide bonds. The number of benzene rings is 1. The van der Waals surface area contributed by atoms with E-state index in [1.807, 2.05) is 18.2 Å². The summed E-state index contributed by atoms with van der Waals surface area (Å²) in [6.45, 7) is 1.10. The highest BCUT2D eigenvalue weighted by atomic mass is 16.5. The molecule has 0 saturated heterocycles. The van der Waals surface area contributed by atoms with E-state index < -0.39 is 0 Å². The maximum Gasteiger partial charge on any atom is 0.293 e. The Balaban J connectivity index is 1.89. The average Bonchev–Trinajstić information content (AvgIpc) is 2.95. The molecule has 0 aliphatic heterocycles. The Hall–Kier alpha value is -1.31. The molecule has 0 radical (unpaired) electrons. The van der Waals surface area contributed by atoms with Gasteiger partial charge in [0.15, 0.2) is 0 Å². The molecule has 1 aromatic rings. The first-order chi connectivity index (χ1) is 6.42. The Morgan fingerprint density at radius 1 is 1.38 bits per heavy atom. The van der Waals surface area contributed by atoms with Gasteiger partial charge in [-0.3, -0.25) is 4.79 Å². The minimum atomic E-state index is 0.528. The molecule has 0 bridgehead atoms. The molecule has 1 aliphatic rings. The van der Waals surface area contributed by atoms with Gasteiger partial charge in [-0.25, -0.2) is 0 Å². The highest BCUT2D eigenvalue weighted by Gasteiger charge is 2.38. The molecule has 1 saturated carbocycles. The third-order valence-electron chi connectivity index (χ3n) is 2.53. The lowest BCUT2D eigenvalue weighted by molar-refractivity contribution is -0.129. The van der Waals surface area contributed by atoms with Gasteiger partial charge in [0.05, 0.1) is 6.61 Å². The quantitative estimate of drug-likeness (QED) is 0.655. The van der Waals surface area contributed by atoms with E-state index in [1.165, 1.54) is 5.56 Å². The predicted molar refractivity (Wildman–Crippen MR) is 49.3 cm³/mol. The Kier molecular flexibility index (Phi) is 2.30. The van der Waals surface area contributed by atoms with Gasteiger partial charge in [-0.2, -0.15) is 0 Å². The summed E-state index contributed by atoms with van der Waals surface area (Å²) in [5.41, 5.74) is 1.36. The first-order valence-electron chi connectivity index (χ1n) is 4.52. The fourth-order valence-corrected chi connectivity index (χ4v) is 1.70. The van der Waals surface area contributed by atoms with Crippen LogP contribution in [-0.4, -0.2) is 13.1 Å². The maximum atomic E-state index is 9.96. The van der Waals surface area contributed by atoms with Gasteiger partial charge in [0.25, 0.3) is 6.47 Å². The van der Waals surface area contributed by atoms with Crippen molar-refractivity contribution in [3.05, 3.63) is 35.9 Å². The zero-order chi connectivity index (χ0) is 9.10. The third-order valence-corrected chi connectivity index (χ3v) is 2.53. The molecular formula is C11H12O2. The summed E-state index contributed by atoms with van der Waals surface area (Å²) < 4.78 is 4.73. The van der Waals surface area contributed by atoms with E-state index >= 15 is 0 Å². The van der Waals surface area contributed by atoms with Crippen molar-refractivity contribution >= 4 is 6.47 Å². The average molecular weight is 176 g/mol. The summed E-state index contributed by atoms with van der Waals surface area (Å²) >= 11 is 0. The molecule has 1 aliphatic carbocycles. The molecule has 2 unspecified atom stereocenters. The molecule has 2 nitrogen and oxygen atoms in total. The van der Waals surface area contributed by atoms with Crippen molar-refractivity contribution in [2.24, 2.45) is 5.92 Å². The van der Waals surface area contributed by atoms with Crippen molar-refractivity contribution in [2.75, 3.05) is 6.61 Å². The fourth-order valence-electron chi connectivity index (χ4n) is 1.70. The molecule has 2 heteroatoms. The SMILES string of the molecule is O=COCC1CC1c1ccccc1. The van der Waals surface area contributed by atoms with E-state index in [0.717, 1.165) is 6.42 Å². The van der Waals surface area contributed by atoms with Crippen LogP contribution in [0, 0.1) is 5.92 Å². The first-order valence-corrected chi connectivity index (χ1v) is 4.52. The standard InChI is InChI=1S/C11H12O2/c12-8-13-7-10-6-11(10)9-4-2-1-3-5-9/h1-5,8,10-11H,6-7H2. The van der Waals surface area contributed by atoms with E-state index in [0.29, 0.717) is 24.9 Å². The zero-order valence-corrected chi connectivity index (χ0v) is 7.35. The Bertz CT molecular complexity index is 281. The zero-order valence-electron chi connectivity index (χ0n) is 7.35. The lowest BCUT2D eigenvalue weighted by Gasteiger charge is -1.98. The summed E-state index contributed by atoms with van der Waals surface area (Å²) in [5, 5.41) is 0. The van der Waals surface area contributed by atoms with Gasteiger partial charge in [-0.1, -0.05) is 30.3 Å². The second-order valence-electron chi connectivity index (χ2n) is 3.44. The van der Waals surface area contributed by atoms with E-state index in [4.69, 9.17) is 4.74 Å². The van der Waals surface area contributed by atoms with Gasteiger partial charge in [-0.05, 0) is 17.9 Å². The monoisotopic (exact) mass is 176 g/mol. The minimum Gasteiger partial charge on any atom is -0.468 e. The van der Waals surface area contributed by atoms with E-state index in [1.54, 1.807) is 0 Å². The van der Waals surface area contributed by atoms with Crippen molar-refractivity contribution in [2.45, 2.75) is 12.3 Å². The van der Waals surface area contributed by atoms with Crippen LogP contribution >= 0.6 is 0 Å². The molecule has 1 fully saturated rings. The van der Waals surface area contributed by atoms with Crippen molar-refractivity contribution in [1.82, 2.24) is 0 Å². The van der Waals surface area contributed by atoms with Gasteiger partial charge in [0, 0.05) is 5.92 Å². The van der Waals surface area contributed by atoms with Gasteiger partial charge in [-0.15, -0.1) is 0 Å². The third kappa shape index (κ3) is 1.89. The van der Waals surface area contributed by atoms with Crippen LogP contribution in [0.1, 0.15) is 17.9 Å². The summed E-state index contributed by atoms with van der Waals surface area (Å²) in [7, 11) is 0. The Morgan fingerprint density at radius 3 is 2.85 bits per heavy atom. The lowest BCUT2D eigenvalue weighted by atomic mass is 10.1. The second kappa shape index (κ2) is 3.60. The Morgan fingerprint density at radius 2 is 2.15 bits per heavy atom. The predicted octanol–water partition coefficient (Wildman–Crippen LogP) is 1.96. The van der Waals surface area contributed by atoms with Gasteiger partial charge >= 0.3 is 0 Å². The fraction of sp³-hybridized carbons (Fsp3) is 0.364. The Labute approximate surface area is 77.5 Å². The van der Waals surface area contributed by atoms with Crippen LogP contribution < -0.4 is 0 Å². The van der Waals surface area contributed by atoms with E-state index in [9.17, 15) is 4.79 Å². The van der Waals surface area contributed by atoms with E-state index in [2.05, 4.69) is 12.1 Å². The molecule has 1 aromatic carbocycles. The lowest BCUT2D eigenvalue weighted by Crippen LogP contribution is -1.95. The number of ether oxygens (including phenoxy) is 1. The topological polar surface area (TPSA) is 26.3 Å². The van der Waals surface area contributed by atoms with Crippen LogP contribution in [0.2, 0.25) is 0 Å². The maximum absolute atomic E-state index is 9.96. The molecule has 0 spiro atoms. The summed E-state index contributed by atoms with van der Waals surface area (Å²) in [4.78, 5) is 9.96. The van der Waals surface area contributed by atoms with Crippen molar-refractivity contribution < 1.29 is 9.53 Å². The summed E-state index contributed by atoms with van der Waals surface area (Å²) in [5.74, 6) is 1.16. The molecule has 68 valence electrons. The molecule has 0 aromatic heterocycles. The molecular weight excluding hydrogens is 164 g/mol. The normalized spacial score (nSPS) is 25.2. The molecule has 0 heterocycles. The van der Waals surface area contributed by atoms with Crippen LogP contribution in [0.25, 0.3) is 0 Å².